The average Bonchev–Trinajstić information content (AvgIpc) is 2.64. The highest BCUT2D eigenvalue weighted by molar-refractivity contribution is 5.93. The molecule has 1 aromatic heterocycles. The van der Waals surface area contributed by atoms with E-state index in [1.165, 1.54) is 12.1 Å². The Morgan fingerprint density at radius 2 is 1.73 bits per heavy atom. The Morgan fingerprint density at radius 3 is 2.42 bits per heavy atom. The van der Waals surface area contributed by atoms with E-state index in [1.807, 2.05) is 37.3 Å². The predicted octanol–water partition coefficient (Wildman–Crippen LogP) is 4.16. The minimum atomic E-state index is -0.315. The molecule has 2 N–H and O–H groups in total. The van der Waals surface area contributed by atoms with Crippen molar-refractivity contribution in [1.29, 1.82) is 0 Å². The number of nitrogens with zero attached hydrogens (tertiary/aromatic N) is 2. The summed E-state index contributed by atoms with van der Waals surface area (Å²) in [7, 11) is 0. The minimum Gasteiger partial charge on any atom is -0.344 e. The van der Waals surface area contributed by atoms with Crippen molar-refractivity contribution in [2.75, 3.05) is 5.32 Å². The van der Waals surface area contributed by atoms with Crippen molar-refractivity contribution in [2.24, 2.45) is 0 Å². The van der Waals surface area contributed by atoms with E-state index in [2.05, 4.69) is 20.6 Å². The number of nitrogens with one attached hydrogen (secondary N) is 2. The Kier molecular flexibility index (Phi) is 5.22. The standard InChI is InChI=1S/C20H19FN4O/c1-13(15-6-4-3-5-7-15)22-20(26)18-12-19(24-14(2)23-18)25-17-10-8-16(21)9-11-17/h3-13H,1-2H3,(H,22,26)(H,23,24,25). The molecule has 2 aromatic carbocycles. The third kappa shape index (κ3) is 4.42. The molecule has 0 radical (unpaired) electrons. The molecule has 5 nitrogen and oxygen atoms in total. The number of aryl methyl sites for hydroxylation is 1. The molecular formula is C20H19FN4O. The fourth-order valence-electron chi connectivity index (χ4n) is 2.52. The van der Waals surface area contributed by atoms with Gasteiger partial charge in [-0.2, -0.15) is 0 Å². The Morgan fingerprint density at radius 1 is 1.04 bits per heavy atom. The number of carbonyl (C=O) groups excluding carboxylic acids is 1. The quantitative estimate of drug-likeness (QED) is 0.725. The number of hydrogen-bond acceptors (Lipinski definition) is 4. The fraction of sp³-hybridized carbons (Fsp3) is 0.150. The topological polar surface area (TPSA) is 66.9 Å². The Balaban J connectivity index is 1.76. The molecule has 1 unspecified atom stereocenters. The summed E-state index contributed by atoms with van der Waals surface area (Å²) in [6.07, 6.45) is 0. The van der Waals surface area contributed by atoms with Crippen LogP contribution in [0, 0.1) is 12.7 Å². The SMILES string of the molecule is Cc1nc(Nc2ccc(F)cc2)cc(C(=O)NC(C)c2ccccc2)n1. The van der Waals surface area contributed by atoms with Gasteiger partial charge < -0.3 is 10.6 Å². The molecule has 6 heteroatoms. The van der Waals surface area contributed by atoms with Gasteiger partial charge >= 0.3 is 0 Å². The Bertz CT molecular complexity index is 897. The van der Waals surface area contributed by atoms with Crippen LogP contribution in [0.15, 0.2) is 60.7 Å². The van der Waals surface area contributed by atoms with E-state index >= 15 is 0 Å². The highest BCUT2D eigenvalue weighted by Gasteiger charge is 2.14. The van der Waals surface area contributed by atoms with Gasteiger partial charge in [0.25, 0.3) is 5.91 Å². The van der Waals surface area contributed by atoms with Crippen molar-refractivity contribution in [2.45, 2.75) is 19.9 Å². The van der Waals surface area contributed by atoms with E-state index in [0.29, 0.717) is 17.3 Å². The summed E-state index contributed by atoms with van der Waals surface area (Å²) in [4.78, 5) is 21.0. The molecule has 132 valence electrons. The Labute approximate surface area is 151 Å². The van der Waals surface area contributed by atoms with Crippen LogP contribution < -0.4 is 10.6 Å². The third-order valence-corrected chi connectivity index (χ3v) is 3.83. The predicted molar refractivity (Wildman–Crippen MR) is 98.8 cm³/mol. The lowest BCUT2D eigenvalue weighted by Gasteiger charge is -2.14. The number of hydrogen-bond donors (Lipinski definition) is 2. The summed E-state index contributed by atoms with van der Waals surface area (Å²) in [6, 6.07) is 17.0. The van der Waals surface area contributed by atoms with Crippen LogP contribution in [0.3, 0.4) is 0 Å². The molecule has 26 heavy (non-hydrogen) atoms. The van der Waals surface area contributed by atoms with E-state index in [9.17, 15) is 9.18 Å². The second-order valence-corrected chi connectivity index (χ2v) is 5.92. The first-order valence-electron chi connectivity index (χ1n) is 8.25. The molecule has 0 saturated carbocycles. The summed E-state index contributed by atoms with van der Waals surface area (Å²) in [6.45, 7) is 3.63. The second-order valence-electron chi connectivity index (χ2n) is 5.92. The van der Waals surface area contributed by atoms with Crippen molar-refractivity contribution >= 4 is 17.4 Å². The lowest BCUT2D eigenvalue weighted by atomic mass is 10.1. The summed E-state index contributed by atoms with van der Waals surface area (Å²) < 4.78 is 13.0. The number of anilines is 2. The first-order chi connectivity index (χ1) is 12.5. The van der Waals surface area contributed by atoms with Crippen molar-refractivity contribution in [1.82, 2.24) is 15.3 Å². The van der Waals surface area contributed by atoms with Crippen molar-refractivity contribution in [3.63, 3.8) is 0 Å². The van der Waals surface area contributed by atoms with Gasteiger partial charge in [0.05, 0.1) is 6.04 Å². The molecule has 1 amide bonds. The summed E-state index contributed by atoms with van der Waals surface area (Å²) in [5, 5.41) is 5.99. The van der Waals surface area contributed by atoms with Crippen LogP contribution in [0.2, 0.25) is 0 Å². The first-order valence-corrected chi connectivity index (χ1v) is 8.25. The molecule has 0 spiro atoms. The van der Waals surface area contributed by atoms with Gasteiger partial charge in [-0.1, -0.05) is 30.3 Å². The van der Waals surface area contributed by atoms with Crippen LogP contribution >= 0.6 is 0 Å². The minimum absolute atomic E-state index is 0.146. The molecule has 0 aliphatic carbocycles. The molecular weight excluding hydrogens is 331 g/mol. The lowest BCUT2D eigenvalue weighted by Crippen LogP contribution is -2.27. The van der Waals surface area contributed by atoms with E-state index < -0.39 is 0 Å². The second kappa shape index (κ2) is 7.74. The maximum Gasteiger partial charge on any atom is 0.270 e. The average molecular weight is 350 g/mol. The van der Waals surface area contributed by atoms with E-state index in [0.717, 1.165) is 5.56 Å². The fourth-order valence-corrected chi connectivity index (χ4v) is 2.52. The summed E-state index contributed by atoms with van der Waals surface area (Å²) in [5.41, 5.74) is 1.95. The van der Waals surface area contributed by atoms with Crippen molar-refractivity contribution in [3.05, 3.63) is 83.6 Å². The number of benzene rings is 2. The number of aromatic nitrogens is 2. The molecule has 0 bridgehead atoms. The molecule has 0 aliphatic rings. The van der Waals surface area contributed by atoms with Gasteiger partial charge in [0.2, 0.25) is 0 Å². The van der Waals surface area contributed by atoms with Gasteiger partial charge in [0, 0.05) is 11.8 Å². The summed E-state index contributed by atoms with van der Waals surface area (Å²) in [5.74, 6) is 0.342. The smallest absolute Gasteiger partial charge is 0.270 e. The van der Waals surface area contributed by atoms with Crippen LogP contribution in [-0.4, -0.2) is 15.9 Å². The van der Waals surface area contributed by atoms with E-state index in [4.69, 9.17) is 0 Å². The zero-order valence-corrected chi connectivity index (χ0v) is 14.5. The first kappa shape index (κ1) is 17.5. The van der Waals surface area contributed by atoms with Crippen LogP contribution in [0.25, 0.3) is 0 Å². The van der Waals surface area contributed by atoms with Crippen LogP contribution in [-0.2, 0) is 0 Å². The molecule has 3 rings (SSSR count). The zero-order valence-electron chi connectivity index (χ0n) is 14.5. The number of amides is 1. The van der Waals surface area contributed by atoms with Crippen LogP contribution in [0.4, 0.5) is 15.9 Å². The maximum atomic E-state index is 13.0. The van der Waals surface area contributed by atoms with Gasteiger partial charge in [-0.3, -0.25) is 4.79 Å². The van der Waals surface area contributed by atoms with Gasteiger partial charge in [-0.25, -0.2) is 14.4 Å². The Hall–Kier alpha value is -3.28. The van der Waals surface area contributed by atoms with Crippen molar-refractivity contribution in [3.8, 4) is 0 Å². The number of halogens is 1. The molecule has 0 aliphatic heterocycles. The van der Waals surface area contributed by atoms with Gasteiger partial charge in [-0.15, -0.1) is 0 Å². The number of rotatable bonds is 5. The highest BCUT2D eigenvalue weighted by atomic mass is 19.1. The van der Waals surface area contributed by atoms with Crippen molar-refractivity contribution < 1.29 is 9.18 Å². The lowest BCUT2D eigenvalue weighted by molar-refractivity contribution is 0.0934. The largest absolute Gasteiger partial charge is 0.344 e. The van der Waals surface area contributed by atoms with Crippen LogP contribution in [0.5, 0.6) is 0 Å². The van der Waals surface area contributed by atoms with E-state index in [-0.39, 0.29) is 23.5 Å². The van der Waals surface area contributed by atoms with Gasteiger partial charge in [0.15, 0.2) is 0 Å². The monoisotopic (exact) mass is 350 g/mol. The molecule has 0 fully saturated rings. The normalized spacial score (nSPS) is 11.7. The third-order valence-electron chi connectivity index (χ3n) is 3.83. The van der Waals surface area contributed by atoms with Gasteiger partial charge in [0.1, 0.15) is 23.2 Å². The maximum absolute atomic E-state index is 13.0. The molecule has 3 aromatic rings. The molecule has 1 atom stereocenters. The van der Waals surface area contributed by atoms with E-state index in [1.54, 1.807) is 25.1 Å². The van der Waals surface area contributed by atoms with Gasteiger partial charge in [-0.05, 0) is 43.7 Å². The molecule has 1 heterocycles. The summed E-state index contributed by atoms with van der Waals surface area (Å²) >= 11 is 0. The number of carbonyl (C=O) groups is 1. The van der Waals surface area contributed by atoms with Crippen LogP contribution in [0.1, 0.15) is 34.8 Å². The highest BCUT2D eigenvalue weighted by Crippen LogP contribution is 2.17. The zero-order chi connectivity index (χ0) is 18.5. The molecule has 0 saturated heterocycles.